The van der Waals surface area contributed by atoms with E-state index < -0.39 is 68.3 Å². The Bertz CT molecular complexity index is 1550. The molecule has 1 unspecified atom stereocenters. The average molecular weight is 765 g/mol. The van der Waals surface area contributed by atoms with Crippen molar-refractivity contribution in [3.63, 3.8) is 0 Å². The summed E-state index contributed by atoms with van der Waals surface area (Å²) in [6.07, 6.45) is 7.53. The fourth-order valence-electron chi connectivity index (χ4n) is 12.5. The zero-order valence-corrected chi connectivity index (χ0v) is 34.6. The Morgan fingerprint density at radius 2 is 1.74 bits per heavy atom. The summed E-state index contributed by atoms with van der Waals surface area (Å²) < 4.78 is 45.4. The molecule has 1 heterocycles. The molecule has 4 aliphatic carbocycles. The second-order valence-corrected chi connectivity index (χ2v) is 20.8. The van der Waals surface area contributed by atoms with Gasteiger partial charge in [-0.25, -0.2) is 13.1 Å². The van der Waals surface area contributed by atoms with E-state index in [1.807, 2.05) is 6.92 Å². The van der Waals surface area contributed by atoms with Gasteiger partial charge in [0.15, 0.2) is 0 Å². The van der Waals surface area contributed by atoms with Crippen molar-refractivity contribution in [2.45, 2.75) is 145 Å². The van der Waals surface area contributed by atoms with Crippen LogP contribution in [-0.2, 0) is 38.6 Å². The summed E-state index contributed by atoms with van der Waals surface area (Å²) in [7, 11) is -3.30. The molecule has 2 bridgehead atoms. The minimum Gasteiger partial charge on any atom is -0.481 e. The Hall–Kier alpha value is -2.02. The Balaban J connectivity index is 1.41. The number of hydrogen-bond acceptors (Lipinski definition) is 9. The predicted molar refractivity (Wildman–Crippen MR) is 203 cm³/mol. The van der Waals surface area contributed by atoms with Crippen molar-refractivity contribution in [2.75, 3.05) is 25.5 Å². The predicted octanol–water partition coefficient (Wildman–Crippen LogP) is 6.25. The summed E-state index contributed by atoms with van der Waals surface area (Å²) >= 11 is 0. The standard InChI is InChI=1S/C41H68N2O9S/c1-10-21-53(48,49)43-20-12-11-13-30(42)36(47)52-34-31(51-27(5)44)22-41-24-50-23-38(34,7)32(41)15-14-28-29(41)16-17-40(9)33(35(45)46)37(6,26(4)25(2)3)18-19-39(28,40)8/h16,25-26,28,30-34,43H,10-15,17-24,42H2,1-9H3,(H,45,46)/t26-,28+,30?,31-,32+,33-,34+,37-,38+,39-,40+,41+/m1/s1. The van der Waals surface area contributed by atoms with Crippen LogP contribution in [-0.4, -0.2) is 75.2 Å². The molecular weight excluding hydrogens is 697 g/mol. The molecule has 4 N–H and O–H groups in total. The van der Waals surface area contributed by atoms with Crippen molar-refractivity contribution in [2.24, 2.45) is 62.4 Å². The molecule has 0 aromatic carbocycles. The minimum absolute atomic E-state index is 0.0770. The van der Waals surface area contributed by atoms with Gasteiger partial charge in [-0.15, -0.1) is 0 Å². The van der Waals surface area contributed by atoms with Gasteiger partial charge >= 0.3 is 17.9 Å². The molecule has 5 rings (SSSR count). The van der Waals surface area contributed by atoms with Gasteiger partial charge in [0, 0.05) is 24.3 Å². The van der Waals surface area contributed by atoms with E-state index in [-0.39, 0.29) is 40.9 Å². The highest BCUT2D eigenvalue weighted by atomic mass is 32.2. The summed E-state index contributed by atoms with van der Waals surface area (Å²) in [5.74, 6) is -1.25. The lowest BCUT2D eigenvalue weighted by Gasteiger charge is -2.71. The maximum atomic E-state index is 13.6. The Kier molecular flexibility index (Phi) is 12.0. The molecule has 4 fully saturated rings. The van der Waals surface area contributed by atoms with Crippen LogP contribution in [0.4, 0.5) is 0 Å². The Morgan fingerprint density at radius 1 is 1.04 bits per heavy atom. The van der Waals surface area contributed by atoms with Crippen LogP contribution in [0.1, 0.15) is 127 Å². The maximum absolute atomic E-state index is 13.6. The molecule has 3 saturated carbocycles. The van der Waals surface area contributed by atoms with E-state index in [9.17, 15) is 27.9 Å². The van der Waals surface area contributed by atoms with E-state index in [2.05, 4.69) is 59.3 Å². The third-order valence-electron chi connectivity index (χ3n) is 15.7. The summed E-state index contributed by atoms with van der Waals surface area (Å²) in [6.45, 7) is 19.8. The average Bonchev–Trinajstić information content (AvgIpc) is 3.05. The third kappa shape index (κ3) is 7.14. The molecule has 0 radical (unpaired) electrons. The first kappa shape index (κ1) is 42.1. The van der Waals surface area contributed by atoms with Crippen molar-refractivity contribution in [3.05, 3.63) is 11.6 Å². The fourth-order valence-corrected chi connectivity index (χ4v) is 13.6. The van der Waals surface area contributed by atoms with Crippen LogP contribution >= 0.6 is 0 Å². The molecule has 0 aromatic rings. The van der Waals surface area contributed by atoms with Crippen LogP contribution in [0.2, 0.25) is 0 Å². The third-order valence-corrected chi connectivity index (χ3v) is 17.3. The highest BCUT2D eigenvalue weighted by Crippen LogP contribution is 2.75. The van der Waals surface area contributed by atoms with E-state index in [0.29, 0.717) is 57.7 Å². The van der Waals surface area contributed by atoms with Crippen LogP contribution in [0, 0.1) is 56.7 Å². The van der Waals surface area contributed by atoms with E-state index in [4.69, 9.17) is 19.9 Å². The summed E-state index contributed by atoms with van der Waals surface area (Å²) in [6, 6.07) is -0.910. The number of rotatable bonds is 14. The fraction of sp³-hybridized carbons (Fsp3) is 0.878. The number of carbonyl (C=O) groups excluding carboxylic acids is 2. The number of hydrogen-bond donors (Lipinski definition) is 3. The lowest BCUT2D eigenvalue weighted by atomic mass is 9.34. The van der Waals surface area contributed by atoms with E-state index in [1.165, 1.54) is 12.5 Å². The van der Waals surface area contributed by atoms with Crippen molar-refractivity contribution >= 4 is 27.9 Å². The molecule has 0 amide bonds. The summed E-state index contributed by atoms with van der Waals surface area (Å²) in [5.41, 5.74) is 5.53. The van der Waals surface area contributed by atoms with Crippen molar-refractivity contribution in [1.29, 1.82) is 0 Å². The zero-order valence-electron chi connectivity index (χ0n) is 33.8. The minimum atomic E-state index is -3.30. The number of nitrogens with one attached hydrogen (secondary N) is 1. The van der Waals surface area contributed by atoms with Crippen LogP contribution in [0.25, 0.3) is 0 Å². The van der Waals surface area contributed by atoms with Crippen molar-refractivity contribution < 1.29 is 42.1 Å². The van der Waals surface area contributed by atoms with Crippen LogP contribution < -0.4 is 10.5 Å². The smallest absolute Gasteiger partial charge is 0.323 e. The van der Waals surface area contributed by atoms with Gasteiger partial charge in [0.05, 0.1) is 24.9 Å². The monoisotopic (exact) mass is 764 g/mol. The quantitative estimate of drug-likeness (QED) is 0.104. The van der Waals surface area contributed by atoms with Gasteiger partial charge in [0.25, 0.3) is 0 Å². The first-order valence-corrected chi connectivity index (χ1v) is 21.9. The molecule has 1 saturated heterocycles. The van der Waals surface area contributed by atoms with Crippen molar-refractivity contribution in [3.8, 4) is 0 Å². The highest BCUT2D eigenvalue weighted by Gasteiger charge is 2.72. The summed E-state index contributed by atoms with van der Waals surface area (Å²) in [5, 5.41) is 11.0. The summed E-state index contributed by atoms with van der Waals surface area (Å²) in [4.78, 5) is 39.7. The molecule has 12 heteroatoms. The van der Waals surface area contributed by atoms with Crippen LogP contribution in [0.3, 0.4) is 0 Å². The number of sulfonamides is 1. The van der Waals surface area contributed by atoms with Gasteiger partial charge in [0.2, 0.25) is 10.0 Å². The molecule has 5 aliphatic rings. The van der Waals surface area contributed by atoms with E-state index >= 15 is 0 Å². The number of carboxylic acid groups (broad SMARTS) is 1. The molecule has 302 valence electrons. The first-order chi connectivity index (χ1) is 24.6. The van der Waals surface area contributed by atoms with Crippen LogP contribution in [0.15, 0.2) is 11.6 Å². The maximum Gasteiger partial charge on any atom is 0.323 e. The topological polar surface area (TPSA) is 171 Å². The molecule has 0 aromatic heterocycles. The molecule has 53 heavy (non-hydrogen) atoms. The number of fused-ring (bicyclic) bond motifs is 3. The van der Waals surface area contributed by atoms with E-state index in [0.717, 1.165) is 25.7 Å². The second-order valence-electron chi connectivity index (χ2n) is 18.9. The number of aliphatic carboxylic acids is 1. The molecule has 12 atom stereocenters. The zero-order chi connectivity index (χ0) is 39.4. The number of esters is 2. The number of allylic oxidation sites excluding steroid dienone is 1. The van der Waals surface area contributed by atoms with Gasteiger partial charge in [-0.1, -0.05) is 73.5 Å². The van der Waals surface area contributed by atoms with Gasteiger partial charge < -0.3 is 25.1 Å². The highest BCUT2D eigenvalue weighted by molar-refractivity contribution is 7.89. The normalized spacial score (nSPS) is 40.5. The molecule has 1 aliphatic heterocycles. The lowest BCUT2D eigenvalue weighted by molar-refractivity contribution is -0.263. The molecule has 0 spiro atoms. The largest absolute Gasteiger partial charge is 0.481 e. The second kappa shape index (κ2) is 15.1. The number of carbonyl (C=O) groups is 3. The number of carboxylic acids is 1. The Labute approximate surface area is 318 Å². The number of ether oxygens (including phenoxy) is 3. The van der Waals surface area contributed by atoms with Gasteiger partial charge in [-0.05, 0) is 97.7 Å². The Morgan fingerprint density at radius 3 is 2.36 bits per heavy atom. The van der Waals surface area contributed by atoms with Crippen molar-refractivity contribution in [1.82, 2.24) is 4.72 Å². The van der Waals surface area contributed by atoms with Gasteiger partial charge in [0.1, 0.15) is 18.2 Å². The van der Waals surface area contributed by atoms with E-state index in [1.54, 1.807) is 0 Å². The molecular formula is C41H68N2O9S. The first-order valence-electron chi connectivity index (χ1n) is 20.2. The van der Waals surface area contributed by atoms with Gasteiger partial charge in [-0.2, -0.15) is 0 Å². The number of nitrogens with two attached hydrogens (primary N) is 1. The lowest BCUT2D eigenvalue weighted by Crippen LogP contribution is -2.70. The molecule has 11 nitrogen and oxygen atoms in total. The SMILES string of the molecule is CCCS(=O)(=O)NCCCCC(N)C(=O)O[C@H]1[C@H](OC(C)=O)C[C@@]23COC[C@@]1(C)[C@@H]2CC[C@H]1C3=CC[C@@]2(C)[C@H](C(=O)O)[C@@](C)([C@H](C)C(C)C)CC[C@]12C. The van der Waals surface area contributed by atoms with Gasteiger partial charge in [-0.3, -0.25) is 14.4 Å². The van der Waals surface area contributed by atoms with Crippen LogP contribution in [0.5, 0.6) is 0 Å². The number of unbranched alkanes of at least 4 members (excludes halogenated alkanes) is 1.